The third-order valence-corrected chi connectivity index (χ3v) is 2.31. The summed E-state index contributed by atoms with van der Waals surface area (Å²) in [4.78, 5) is 0. The molecule has 0 aromatic heterocycles. The van der Waals surface area contributed by atoms with Crippen LogP contribution >= 0.6 is 0 Å². The Balaban J connectivity index is 2.26. The minimum atomic E-state index is 0.391. The van der Waals surface area contributed by atoms with Gasteiger partial charge < -0.3 is 5.21 Å². The van der Waals surface area contributed by atoms with Crippen LogP contribution in [0.4, 0.5) is 0 Å². The molecular formula is C9H17NO. The van der Waals surface area contributed by atoms with Gasteiger partial charge in [0.1, 0.15) is 0 Å². The topological polar surface area (TPSA) is 23.5 Å². The highest BCUT2D eigenvalue weighted by Crippen LogP contribution is 2.20. The molecule has 0 heterocycles. The zero-order chi connectivity index (χ0) is 8.10. The number of nitrogens with zero attached hydrogens (tertiary/aromatic N) is 1. The van der Waals surface area contributed by atoms with Gasteiger partial charge in [0.2, 0.25) is 0 Å². The second-order valence-electron chi connectivity index (χ2n) is 3.20. The quantitative estimate of drug-likeness (QED) is 0.499. The van der Waals surface area contributed by atoms with Gasteiger partial charge in [-0.2, -0.15) is 5.06 Å². The summed E-state index contributed by atoms with van der Waals surface area (Å²) in [5, 5.41) is 10.9. The molecule has 1 N–H and O–H groups in total. The molecule has 0 aromatic carbocycles. The Bertz CT molecular complexity index is 119. The second kappa shape index (κ2) is 4.52. The van der Waals surface area contributed by atoms with Crippen LogP contribution in [-0.2, 0) is 0 Å². The van der Waals surface area contributed by atoms with Crippen molar-refractivity contribution in [2.75, 3.05) is 6.54 Å². The Morgan fingerprint density at radius 3 is 2.55 bits per heavy atom. The summed E-state index contributed by atoms with van der Waals surface area (Å²) in [5.74, 6) is 0. The molecule has 0 bridgehead atoms. The van der Waals surface area contributed by atoms with E-state index in [1.807, 2.05) is 0 Å². The van der Waals surface area contributed by atoms with Gasteiger partial charge in [0.25, 0.3) is 0 Å². The van der Waals surface area contributed by atoms with Gasteiger partial charge >= 0.3 is 0 Å². The van der Waals surface area contributed by atoms with Crippen LogP contribution in [0.5, 0.6) is 0 Å². The van der Waals surface area contributed by atoms with Crippen molar-refractivity contribution in [3.05, 3.63) is 12.7 Å². The Kier molecular flexibility index (Phi) is 3.60. The zero-order valence-electron chi connectivity index (χ0n) is 7.00. The molecular weight excluding hydrogens is 138 g/mol. The molecule has 64 valence electrons. The van der Waals surface area contributed by atoms with Crippen molar-refractivity contribution in [2.45, 2.75) is 38.1 Å². The first-order chi connectivity index (χ1) is 5.34. The fourth-order valence-electron chi connectivity index (χ4n) is 1.66. The van der Waals surface area contributed by atoms with Crippen LogP contribution in [0.3, 0.4) is 0 Å². The number of hydroxylamine groups is 2. The average molecular weight is 155 g/mol. The second-order valence-corrected chi connectivity index (χ2v) is 3.20. The molecule has 2 nitrogen and oxygen atoms in total. The Morgan fingerprint density at radius 2 is 2.00 bits per heavy atom. The largest absolute Gasteiger partial charge is 0.313 e. The van der Waals surface area contributed by atoms with E-state index in [1.165, 1.54) is 24.3 Å². The van der Waals surface area contributed by atoms with Gasteiger partial charge in [0.05, 0.1) is 0 Å². The molecule has 2 heteroatoms. The normalized spacial score (nSPS) is 20.5. The highest BCUT2D eigenvalue weighted by atomic mass is 16.5. The molecule has 1 saturated carbocycles. The summed E-state index contributed by atoms with van der Waals surface area (Å²) < 4.78 is 0. The van der Waals surface area contributed by atoms with Crippen molar-refractivity contribution in [1.82, 2.24) is 5.06 Å². The molecule has 0 spiro atoms. The molecule has 0 aromatic rings. The van der Waals surface area contributed by atoms with Crippen molar-refractivity contribution < 1.29 is 5.21 Å². The highest BCUT2D eigenvalue weighted by Gasteiger charge is 2.17. The first-order valence-corrected chi connectivity index (χ1v) is 4.41. The van der Waals surface area contributed by atoms with Crippen molar-refractivity contribution in [2.24, 2.45) is 0 Å². The molecule has 0 aliphatic heterocycles. The van der Waals surface area contributed by atoms with Gasteiger partial charge in [0.15, 0.2) is 0 Å². The van der Waals surface area contributed by atoms with E-state index in [4.69, 9.17) is 0 Å². The van der Waals surface area contributed by atoms with Crippen molar-refractivity contribution in [3.8, 4) is 0 Å². The highest BCUT2D eigenvalue weighted by molar-refractivity contribution is 4.76. The number of hydrogen-bond acceptors (Lipinski definition) is 2. The molecule has 0 radical (unpaired) electrons. The zero-order valence-corrected chi connectivity index (χ0v) is 7.00. The number of hydrogen-bond donors (Lipinski definition) is 1. The third kappa shape index (κ3) is 2.64. The van der Waals surface area contributed by atoms with Gasteiger partial charge in [-0.1, -0.05) is 25.3 Å². The van der Waals surface area contributed by atoms with E-state index in [1.54, 1.807) is 6.08 Å². The summed E-state index contributed by atoms with van der Waals surface area (Å²) in [6.07, 6.45) is 7.89. The molecule has 1 aliphatic rings. The Labute approximate surface area is 68.5 Å². The summed E-state index contributed by atoms with van der Waals surface area (Å²) in [5.41, 5.74) is 0. The van der Waals surface area contributed by atoms with E-state index < -0.39 is 0 Å². The van der Waals surface area contributed by atoms with E-state index >= 15 is 0 Å². The van der Waals surface area contributed by atoms with Crippen LogP contribution in [0, 0.1) is 0 Å². The summed E-state index contributed by atoms with van der Waals surface area (Å²) in [6, 6.07) is 0.391. The fraction of sp³-hybridized carbons (Fsp3) is 0.778. The van der Waals surface area contributed by atoms with Crippen LogP contribution < -0.4 is 0 Å². The van der Waals surface area contributed by atoms with Crippen LogP contribution in [0.1, 0.15) is 32.1 Å². The molecule has 0 unspecified atom stereocenters. The van der Waals surface area contributed by atoms with Gasteiger partial charge in [-0.05, 0) is 12.8 Å². The monoisotopic (exact) mass is 155 g/mol. The lowest BCUT2D eigenvalue weighted by Gasteiger charge is -2.28. The maximum absolute atomic E-state index is 9.44. The molecule has 11 heavy (non-hydrogen) atoms. The molecule has 1 fully saturated rings. The van der Waals surface area contributed by atoms with E-state index in [0.29, 0.717) is 12.6 Å². The average Bonchev–Trinajstić information content (AvgIpc) is 2.07. The maximum Gasteiger partial charge on any atom is 0.0419 e. The van der Waals surface area contributed by atoms with Crippen molar-refractivity contribution >= 4 is 0 Å². The van der Waals surface area contributed by atoms with E-state index in [9.17, 15) is 5.21 Å². The molecule has 0 atom stereocenters. The van der Waals surface area contributed by atoms with Crippen LogP contribution in [-0.4, -0.2) is 22.9 Å². The lowest BCUT2D eigenvalue weighted by atomic mass is 9.95. The summed E-state index contributed by atoms with van der Waals surface area (Å²) in [7, 11) is 0. The minimum Gasteiger partial charge on any atom is -0.313 e. The van der Waals surface area contributed by atoms with E-state index in [-0.39, 0.29) is 0 Å². The van der Waals surface area contributed by atoms with Crippen LogP contribution in [0.2, 0.25) is 0 Å². The first kappa shape index (κ1) is 8.75. The fourth-order valence-corrected chi connectivity index (χ4v) is 1.66. The summed E-state index contributed by atoms with van der Waals surface area (Å²) >= 11 is 0. The van der Waals surface area contributed by atoms with Crippen LogP contribution in [0.25, 0.3) is 0 Å². The number of rotatable bonds is 3. The Morgan fingerprint density at radius 1 is 1.36 bits per heavy atom. The van der Waals surface area contributed by atoms with Gasteiger partial charge in [0, 0.05) is 12.6 Å². The molecule has 1 rings (SSSR count). The van der Waals surface area contributed by atoms with Crippen molar-refractivity contribution in [1.29, 1.82) is 0 Å². The van der Waals surface area contributed by atoms with E-state index in [0.717, 1.165) is 12.8 Å². The molecule has 0 amide bonds. The minimum absolute atomic E-state index is 0.391. The molecule has 0 saturated heterocycles. The van der Waals surface area contributed by atoms with Gasteiger partial charge in [-0.25, -0.2) is 0 Å². The van der Waals surface area contributed by atoms with Crippen LogP contribution in [0.15, 0.2) is 12.7 Å². The third-order valence-electron chi connectivity index (χ3n) is 2.31. The standard InChI is InChI=1S/C9H17NO/c1-2-8-10(11)9-6-4-3-5-7-9/h2,9,11H,1,3-8H2. The SMILES string of the molecule is C=CCN(O)C1CCCCC1. The molecule has 1 aliphatic carbocycles. The maximum atomic E-state index is 9.44. The smallest absolute Gasteiger partial charge is 0.0419 e. The van der Waals surface area contributed by atoms with E-state index in [2.05, 4.69) is 6.58 Å². The first-order valence-electron chi connectivity index (χ1n) is 4.41. The summed E-state index contributed by atoms with van der Waals surface area (Å²) in [6.45, 7) is 4.20. The lowest BCUT2D eigenvalue weighted by molar-refractivity contribution is -0.125. The Hall–Kier alpha value is -0.340. The lowest BCUT2D eigenvalue weighted by Crippen LogP contribution is -2.33. The predicted molar refractivity (Wildman–Crippen MR) is 45.6 cm³/mol. The van der Waals surface area contributed by atoms with Gasteiger partial charge in [-0.3, -0.25) is 0 Å². The van der Waals surface area contributed by atoms with Crippen molar-refractivity contribution in [3.63, 3.8) is 0 Å². The predicted octanol–water partition coefficient (Wildman–Crippen LogP) is 2.20. The van der Waals surface area contributed by atoms with Gasteiger partial charge in [-0.15, -0.1) is 6.58 Å².